The molecule has 0 aliphatic heterocycles. The summed E-state index contributed by atoms with van der Waals surface area (Å²) in [5, 5.41) is 9.64. The topological polar surface area (TPSA) is 55.5 Å². The number of nitrogens with two attached hydrogens (primary N) is 1. The van der Waals surface area contributed by atoms with Gasteiger partial charge >= 0.3 is 0 Å². The Labute approximate surface area is 71.8 Å². The van der Waals surface area contributed by atoms with Crippen LogP contribution in [0.25, 0.3) is 0 Å². The first-order valence-electron chi connectivity index (χ1n) is 3.72. The van der Waals surface area contributed by atoms with E-state index in [4.69, 9.17) is 10.5 Å². The first-order chi connectivity index (χ1) is 5.67. The molecule has 0 saturated carbocycles. The molecular formula is C9H13NO2. The number of hydrogen-bond acceptors (Lipinski definition) is 3. The number of hydrogen-bond donors (Lipinski definition) is 2. The van der Waals surface area contributed by atoms with E-state index in [1.165, 1.54) is 7.11 Å². The van der Waals surface area contributed by atoms with Crippen LogP contribution < -0.4 is 5.73 Å². The molecule has 0 spiro atoms. The fourth-order valence-electron chi connectivity index (χ4n) is 1.03. The van der Waals surface area contributed by atoms with Crippen molar-refractivity contribution in [2.45, 2.75) is 5.72 Å². The second kappa shape index (κ2) is 3.67. The minimum atomic E-state index is -1.38. The number of methoxy groups -OCH3 is 1. The van der Waals surface area contributed by atoms with Crippen molar-refractivity contribution in [3.8, 4) is 0 Å². The van der Waals surface area contributed by atoms with E-state index >= 15 is 0 Å². The first-order valence-corrected chi connectivity index (χ1v) is 3.72. The van der Waals surface area contributed by atoms with Gasteiger partial charge in [0.25, 0.3) is 0 Å². The lowest BCUT2D eigenvalue weighted by atomic mass is 10.1. The molecule has 3 heteroatoms. The zero-order chi connectivity index (χ0) is 9.03. The molecule has 0 aliphatic rings. The molecule has 0 aliphatic carbocycles. The van der Waals surface area contributed by atoms with E-state index in [0.717, 1.165) is 0 Å². The van der Waals surface area contributed by atoms with Crippen molar-refractivity contribution < 1.29 is 9.84 Å². The molecule has 1 aromatic rings. The number of rotatable bonds is 3. The lowest BCUT2D eigenvalue weighted by Gasteiger charge is -2.22. The van der Waals surface area contributed by atoms with Crippen molar-refractivity contribution in [1.82, 2.24) is 0 Å². The van der Waals surface area contributed by atoms with E-state index < -0.39 is 5.72 Å². The summed E-state index contributed by atoms with van der Waals surface area (Å²) < 4.78 is 4.79. The molecule has 12 heavy (non-hydrogen) atoms. The maximum Gasteiger partial charge on any atom is 0.163 e. The minimum Gasteiger partial charge on any atom is -0.380 e. The predicted octanol–water partition coefficient (Wildman–Crippen LogP) is 0.437. The zero-order valence-corrected chi connectivity index (χ0v) is 7.03. The van der Waals surface area contributed by atoms with Crippen LogP contribution in [-0.2, 0) is 10.5 Å². The second-order valence-electron chi connectivity index (χ2n) is 2.72. The highest BCUT2D eigenvalue weighted by Crippen LogP contribution is 2.14. The fraction of sp³-hybridized carbons (Fsp3) is 0.333. The monoisotopic (exact) mass is 167 g/mol. The zero-order valence-electron chi connectivity index (χ0n) is 7.03. The smallest absolute Gasteiger partial charge is 0.163 e. The summed E-state index contributed by atoms with van der Waals surface area (Å²) in [6, 6.07) is 9.04. The van der Waals surface area contributed by atoms with Crippen molar-refractivity contribution >= 4 is 0 Å². The molecule has 0 radical (unpaired) electrons. The Balaban J connectivity index is 2.82. The molecule has 1 aromatic carbocycles. The van der Waals surface area contributed by atoms with Gasteiger partial charge in [-0.25, -0.2) is 0 Å². The SMILES string of the molecule is COC[C@](N)(O)c1ccccc1. The normalized spacial score (nSPS) is 15.6. The quantitative estimate of drug-likeness (QED) is 0.642. The van der Waals surface area contributed by atoms with E-state index in [1.54, 1.807) is 12.1 Å². The lowest BCUT2D eigenvalue weighted by molar-refractivity contribution is -0.0309. The van der Waals surface area contributed by atoms with Crippen LogP contribution in [0.5, 0.6) is 0 Å². The third-order valence-corrected chi connectivity index (χ3v) is 1.64. The van der Waals surface area contributed by atoms with E-state index in [1.807, 2.05) is 18.2 Å². The first kappa shape index (κ1) is 9.19. The molecule has 0 amide bonds. The van der Waals surface area contributed by atoms with E-state index in [-0.39, 0.29) is 6.61 Å². The van der Waals surface area contributed by atoms with Crippen LogP contribution in [0.2, 0.25) is 0 Å². The molecule has 0 aromatic heterocycles. The minimum absolute atomic E-state index is 0.0943. The van der Waals surface area contributed by atoms with Gasteiger partial charge in [-0.1, -0.05) is 30.3 Å². The Morgan fingerprint density at radius 2 is 2.00 bits per heavy atom. The van der Waals surface area contributed by atoms with Gasteiger partial charge in [0, 0.05) is 12.7 Å². The summed E-state index contributed by atoms with van der Waals surface area (Å²) in [6.45, 7) is 0.0943. The highest BCUT2D eigenvalue weighted by Gasteiger charge is 2.22. The van der Waals surface area contributed by atoms with Gasteiger partial charge in [-0.2, -0.15) is 0 Å². The molecular weight excluding hydrogens is 154 g/mol. The maximum atomic E-state index is 9.64. The Morgan fingerprint density at radius 3 is 2.50 bits per heavy atom. The maximum absolute atomic E-state index is 9.64. The van der Waals surface area contributed by atoms with Crippen molar-refractivity contribution in [3.63, 3.8) is 0 Å². The standard InChI is InChI=1S/C9H13NO2/c1-12-7-9(10,11)8-5-3-2-4-6-8/h2-6,11H,7,10H2,1H3/t9-/m0/s1. The van der Waals surface area contributed by atoms with Crippen LogP contribution in [0.4, 0.5) is 0 Å². The van der Waals surface area contributed by atoms with Gasteiger partial charge in [0.2, 0.25) is 0 Å². The third kappa shape index (κ3) is 2.04. The van der Waals surface area contributed by atoms with E-state index in [9.17, 15) is 5.11 Å². The summed E-state index contributed by atoms with van der Waals surface area (Å²) in [5.41, 5.74) is 4.86. The predicted molar refractivity (Wildman–Crippen MR) is 46.4 cm³/mol. The molecule has 0 bridgehead atoms. The highest BCUT2D eigenvalue weighted by molar-refractivity contribution is 5.20. The molecule has 0 unspecified atom stereocenters. The van der Waals surface area contributed by atoms with Gasteiger partial charge in [-0.3, -0.25) is 5.73 Å². The van der Waals surface area contributed by atoms with Gasteiger partial charge in [0.1, 0.15) is 0 Å². The number of benzene rings is 1. The van der Waals surface area contributed by atoms with Crippen molar-refractivity contribution in [2.24, 2.45) is 5.73 Å². The van der Waals surface area contributed by atoms with Crippen LogP contribution >= 0.6 is 0 Å². The molecule has 0 heterocycles. The molecule has 0 fully saturated rings. The third-order valence-electron chi connectivity index (χ3n) is 1.64. The van der Waals surface area contributed by atoms with Crippen molar-refractivity contribution in [1.29, 1.82) is 0 Å². The van der Waals surface area contributed by atoms with Crippen LogP contribution in [0, 0.1) is 0 Å². The Kier molecular flexibility index (Phi) is 2.81. The summed E-state index contributed by atoms with van der Waals surface area (Å²) in [7, 11) is 1.50. The van der Waals surface area contributed by atoms with E-state index in [0.29, 0.717) is 5.56 Å². The largest absolute Gasteiger partial charge is 0.380 e. The van der Waals surface area contributed by atoms with Crippen LogP contribution in [0.1, 0.15) is 5.56 Å². The Bertz CT molecular complexity index is 234. The average Bonchev–Trinajstić information content (AvgIpc) is 2.06. The second-order valence-corrected chi connectivity index (χ2v) is 2.72. The Morgan fingerprint density at radius 1 is 1.42 bits per heavy atom. The molecule has 3 nitrogen and oxygen atoms in total. The molecule has 3 N–H and O–H groups in total. The summed E-state index contributed by atoms with van der Waals surface area (Å²) >= 11 is 0. The van der Waals surface area contributed by atoms with Crippen LogP contribution in [0.3, 0.4) is 0 Å². The number of ether oxygens (including phenoxy) is 1. The summed E-state index contributed by atoms with van der Waals surface area (Å²) in [5.74, 6) is 0. The van der Waals surface area contributed by atoms with Gasteiger partial charge in [-0.05, 0) is 0 Å². The molecule has 0 saturated heterocycles. The van der Waals surface area contributed by atoms with Crippen molar-refractivity contribution in [3.05, 3.63) is 35.9 Å². The lowest BCUT2D eigenvalue weighted by Crippen LogP contribution is -2.40. The number of aliphatic hydroxyl groups is 1. The average molecular weight is 167 g/mol. The molecule has 1 rings (SSSR count). The van der Waals surface area contributed by atoms with Crippen LogP contribution in [-0.4, -0.2) is 18.8 Å². The Hall–Kier alpha value is -0.900. The van der Waals surface area contributed by atoms with E-state index in [2.05, 4.69) is 0 Å². The molecule has 66 valence electrons. The van der Waals surface area contributed by atoms with Crippen LogP contribution in [0.15, 0.2) is 30.3 Å². The van der Waals surface area contributed by atoms with Crippen molar-refractivity contribution in [2.75, 3.05) is 13.7 Å². The molecule has 1 atom stereocenters. The fourth-order valence-corrected chi connectivity index (χ4v) is 1.03. The van der Waals surface area contributed by atoms with Gasteiger partial charge < -0.3 is 9.84 Å². The van der Waals surface area contributed by atoms with Gasteiger partial charge in [0.15, 0.2) is 5.72 Å². The summed E-state index contributed by atoms with van der Waals surface area (Å²) in [6.07, 6.45) is 0. The van der Waals surface area contributed by atoms with Gasteiger partial charge in [0.05, 0.1) is 6.61 Å². The highest BCUT2D eigenvalue weighted by atomic mass is 16.5. The van der Waals surface area contributed by atoms with Gasteiger partial charge in [-0.15, -0.1) is 0 Å². The summed E-state index contributed by atoms with van der Waals surface area (Å²) in [4.78, 5) is 0.